The molecule has 3 nitrogen and oxygen atoms in total. The first kappa shape index (κ1) is 17.3. The first-order valence-corrected chi connectivity index (χ1v) is 8.12. The molecule has 1 aromatic heterocycles. The fourth-order valence-corrected chi connectivity index (χ4v) is 3.31. The van der Waals surface area contributed by atoms with Gasteiger partial charge in [-0.1, -0.05) is 24.9 Å². The Hall–Kier alpha value is -1.03. The zero-order valence-electron chi connectivity index (χ0n) is 13.2. The number of anilines is 1. The van der Waals surface area contributed by atoms with Crippen LogP contribution in [0.2, 0.25) is 5.02 Å². The molecule has 1 saturated heterocycles. The van der Waals surface area contributed by atoms with Gasteiger partial charge in [0.05, 0.1) is 5.52 Å². The number of aromatic nitrogens is 1. The Morgan fingerprint density at radius 3 is 2.64 bits per heavy atom. The summed E-state index contributed by atoms with van der Waals surface area (Å²) in [4.78, 5) is 7.31. The van der Waals surface area contributed by atoms with Crippen molar-refractivity contribution in [3.63, 3.8) is 0 Å². The van der Waals surface area contributed by atoms with Crippen molar-refractivity contribution >= 4 is 40.6 Å². The maximum absolute atomic E-state index is 6.28. The van der Waals surface area contributed by atoms with Gasteiger partial charge in [-0.25, -0.2) is 0 Å². The van der Waals surface area contributed by atoms with Crippen LogP contribution in [0.1, 0.15) is 24.6 Å². The largest absolute Gasteiger partial charge is 0.368 e. The summed E-state index contributed by atoms with van der Waals surface area (Å²) in [6.45, 7) is 8.44. The molecule has 0 radical (unpaired) electrons. The Morgan fingerprint density at radius 1 is 1.23 bits per heavy atom. The fraction of sp³-hybridized carbons (Fsp3) is 0.471. The minimum atomic E-state index is 0. The molecule has 1 N–H and O–H groups in total. The third kappa shape index (κ3) is 3.48. The number of aryl methyl sites for hydroxylation is 2. The van der Waals surface area contributed by atoms with E-state index in [1.54, 1.807) is 0 Å². The van der Waals surface area contributed by atoms with Gasteiger partial charge in [-0.05, 0) is 37.1 Å². The van der Waals surface area contributed by atoms with Crippen molar-refractivity contribution in [3.8, 4) is 0 Å². The molecule has 0 aliphatic carbocycles. The molecule has 0 saturated carbocycles. The number of hydrogen-bond acceptors (Lipinski definition) is 3. The summed E-state index contributed by atoms with van der Waals surface area (Å²) in [5.41, 5.74) is 4.73. The van der Waals surface area contributed by atoms with Crippen molar-refractivity contribution < 1.29 is 0 Å². The van der Waals surface area contributed by atoms with E-state index in [2.05, 4.69) is 36.2 Å². The van der Waals surface area contributed by atoms with Crippen LogP contribution in [0.25, 0.3) is 10.9 Å². The van der Waals surface area contributed by atoms with Crippen LogP contribution in [0.5, 0.6) is 0 Å². The lowest BCUT2D eigenvalue weighted by atomic mass is 10.1. The van der Waals surface area contributed by atoms with Gasteiger partial charge in [0.1, 0.15) is 0 Å². The molecule has 1 fully saturated rings. The zero-order valence-corrected chi connectivity index (χ0v) is 14.7. The molecule has 0 atom stereocenters. The Balaban J connectivity index is 0.00000176. The molecule has 1 aromatic carbocycles. The number of halogens is 2. The number of rotatable bonds is 3. The summed E-state index contributed by atoms with van der Waals surface area (Å²) in [6, 6.07) is 6.32. The molecule has 1 aliphatic rings. The van der Waals surface area contributed by atoms with E-state index in [1.807, 2.05) is 6.07 Å². The molecule has 0 unspecified atom stereocenters. The van der Waals surface area contributed by atoms with Crippen molar-refractivity contribution in [3.05, 3.63) is 34.5 Å². The number of hydrogen-bond donors (Lipinski definition) is 1. The quantitative estimate of drug-likeness (QED) is 0.916. The topological polar surface area (TPSA) is 28.2 Å². The second-order valence-electron chi connectivity index (χ2n) is 5.74. The average Bonchev–Trinajstić information content (AvgIpc) is 2.48. The van der Waals surface area contributed by atoms with Crippen LogP contribution in [-0.2, 0) is 6.42 Å². The summed E-state index contributed by atoms with van der Waals surface area (Å²) in [5.74, 6) is 0. The van der Waals surface area contributed by atoms with Crippen molar-refractivity contribution in [2.75, 3.05) is 31.1 Å². The third-order valence-electron chi connectivity index (χ3n) is 4.06. The second kappa shape index (κ2) is 7.49. The van der Waals surface area contributed by atoms with Crippen LogP contribution in [0.3, 0.4) is 0 Å². The van der Waals surface area contributed by atoms with E-state index < -0.39 is 0 Å². The van der Waals surface area contributed by atoms with E-state index in [4.69, 9.17) is 16.6 Å². The van der Waals surface area contributed by atoms with Gasteiger partial charge in [-0.2, -0.15) is 0 Å². The maximum atomic E-state index is 6.28. The van der Waals surface area contributed by atoms with Crippen LogP contribution >= 0.6 is 24.0 Å². The zero-order chi connectivity index (χ0) is 14.8. The lowest BCUT2D eigenvalue weighted by Crippen LogP contribution is -2.43. The number of nitrogens with zero attached hydrogens (tertiary/aromatic N) is 2. The van der Waals surface area contributed by atoms with Crippen molar-refractivity contribution in [1.29, 1.82) is 0 Å². The van der Waals surface area contributed by atoms with Gasteiger partial charge < -0.3 is 10.2 Å². The SMILES string of the molecule is CCCc1cc(N2CCNCC2)c2cc(Cl)cc(C)c2n1.Cl. The summed E-state index contributed by atoms with van der Waals surface area (Å²) in [6.07, 6.45) is 2.14. The molecular formula is C17H23Cl2N3. The van der Waals surface area contributed by atoms with Gasteiger partial charge in [0, 0.05) is 48.0 Å². The molecular weight excluding hydrogens is 317 g/mol. The Labute approximate surface area is 143 Å². The molecule has 1 aliphatic heterocycles. The first-order valence-electron chi connectivity index (χ1n) is 7.74. The molecule has 0 bridgehead atoms. The Morgan fingerprint density at radius 2 is 1.95 bits per heavy atom. The lowest BCUT2D eigenvalue weighted by molar-refractivity contribution is 0.590. The van der Waals surface area contributed by atoms with Crippen LogP contribution in [0, 0.1) is 6.92 Å². The van der Waals surface area contributed by atoms with Crippen LogP contribution in [0.15, 0.2) is 18.2 Å². The molecule has 120 valence electrons. The maximum Gasteiger partial charge on any atom is 0.0756 e. The number of pyridine rings is 1. The molecule has 22 heavy (non-hydrogen) atoms. The molecule has 0 spiro atoms. The molecule has 0 amide bonds. The highest BCUT2D eigenvalue weighted by Gasteiger charge is 2.16. The highest BCUT2D eigenvalue weighted by molar-refractivity contribution is 6.31. The summed E-state index contributed by atoms with van der Waals surface area (Å²) < 4.78 is 0. The third-order valence-corrected chi connectivity index (χ3v) is 4.28. The average molecular weight is 340 g/mol. The smallest absolute Gasteiger partial charge is 0.0756 e. The van der Waals surface area contributed by atoms with E-state index in [1.165, 1.54) is 16.8 Å². The Kier molecular flexibility index (Phi) is 5.90. The van der Waals surface area contributed by atoms with Crippen LogP contribution in [0.4, 0.5) is 5.69 Å². The number of piperazine rings is 1. The normalized spacial score (nSPS) is 15.0. The van der Waals surface area contributed by atoms with E-state index in [9.17, 15) is 0 Å². The molecule has 3 rings (SSSR count). The number of benzene rings is 1. The van der Waals surface area contributed by atoms with E-state index in [-0.39, 0.29) is 12.4 Å². The number of fused-ring (bicyclic) bond motifs is 1. The monoisotopic (exact) mass is 339 g/mol. The van der Waals surface area contributed by atoms with Crippen LogP contribution < -0.4 is 10.2 Å². The van der Waals surface area contributed by atoms with Crippen LogP contribution in [-0.4, -0.2) is 31.2 Å². The highest BCUT2D eigenvalue weighted by atomic mass is 35.5. The van der Waals surface area contributed by atoms with Gasteiger partial charge >= 0.3 is 0 Å². The minimum Gasteiger partial charge on any atom is -0.368 e. The fourth-order valence-electron chi connectivity index (χ4n) is 3.04. The number of nitrogens with one attached hydrogen (secondary N) is 1. The van der Waals surface area contributed by atoms with Crippen molar-refractivity contribution in [2.24, 2.45) is 0 Å². The molecule has 2 aromatic rings. The highest BCUT2D eigenvalue weighted by Crippen LogP contribution is 2.32. The summed E-state index contributed by atoms with van der Waals surface area (Å²) in [7, 11) is 0. The van der Waals surface area contributed by atoms with Crippen molar-refractivity contribution in [1.82, 2.24) is 10.3 Å². The summed E-state index contributed by atoms with van der Waals surface area (Å²) >= 11 is 6.28. The predicted molar refractivity (Wildman–Crippen MR) is 97.8 cm³/mol. The summed E-state index contributed by atoms with van der Waals surface area (Å²) in [5, 5.41) is 5.39. The lowest BCUT2D eigenvalue weighted by Gasteiger charge is -2.31. The van der Waals surface area contributed by atoms with Gasteiger partial charge in [0.2, 0.25) is 0 Å². The van der Waals surface area contributed by atoms with E-state index in [0.717, 1.165) is 55.1 Å². The first-order chi connectivity index (χ1) is 10.2. The van der Waals surface area contributed by atoms with Gasteiger partial charge in [-0.3, -0.25) is 4.98 Å². The molecule has 5 heteroatoms. The van der Waals surface area contributed by atoms with Gasteiger partial charge in [-0.15, -0.1) is 12.4 Å². The van der Waals surface area contributed by atoms with Gasteiger partial charge in [0.15, 0.2) is 0 Å². The van der Waals surface area contributed by atoms with E-state index >= 15 is 0 Å². The Bertz CT molecular complexity index is 652. The van der Waals surface area contributed by atoms with Gasteiger partial charge in [0.25, 0.3) is 0 Å². The molecule has 2 heterocycles. The van der Waals surface area contributed by atoms with E-state index in [0.29, 0.717) is 0 Å². The predicted octanol–water partition coefficient (Wildman–Crippen LogP) is 3.98. The second-order valence-corrected chi connectivity index (χ2v) is 6.18. The van der Waals surface area contributed by atoms with Crippen molar-refractivity contribution in [2.45, 2.75) is 26.7 Å². The minimum absolute atomic E-state index is 0. The standard InChI is InChI=1S/C17H22ClN3.ClH/c1-3-4-14-11-16(21-7-5-19-6-8-21)15-10-13(18)9-12(2)17(15)20-14;/h9-11,19H,3-8H2,1-2H3;1H.